The number of hydrogen-bond acceptors (Lipinski definition) is 4. The molecule has 0 atom stereocenters. The highest BCUT2D eigenvalue weighted by Gasteiger charge is 2.18. The quantitative estimate of drug-likeness (QED) is 0.704. The van der Waals surface area contributed by atoms with Crippen molar-refractivity contribution in [3.63, 3.8) is 0 Å². The number of benzene rings is 2. The number of urea groups is 1. The van der Waals surface area contributed by atoms with Gasteiger partial charge in [-0.3, -0.25) is 0 Å². The Morgan fingerprint density at radius 3 is 2.69 bits per heavy atom. The lowest BCUT2D eigenvalue weighted by Gasteiger charge is -2.22. The zero-order valence-electron chi connectivity index (χ0n) is 16.8. The monoisotopic (exact) mass is 392 g/mol. The Labute approximate surface area is 169 Å². The summed E-state index contributed by atoms with van der Waals surface area (Å²) < 4.78 is 12.6. The number of nitrogens with zero attached hydrogens (tertiary/aromatic N) is 3. The van der Waals surface area contributed by atoms with Gasteiger partial charge in [-0.1, -0.05) is 18.2 Å². The second-order valence-electron chi connectivity index (χ2n) is 6.99. The minimum atomic E-state index is -0.167. The number of nitrogens with one attached hydrogen (secondary N) is 1. The average Bonchev–Trinajstić information content (AvgIpc) is 3.31. The van der Waals surface area contributed by atoms with E-state index in [4.69, 9.17) is 9.47 Å². The van der Waals surface area contributed by atoms with Crippen LogP contribution in [0.2, 0.25) is 0 Å². The number of amides is 2. The van der Waals surface area contributed by atoms with Crippen molar-refractivity contribution >= 4 is 11.7 Å². The molecule has 1 aromatic heterocycles. The molecule has 7 heteroatoms. The van der Waals surface area contributed by atoms with E-state index in [-0.39, 0.29) is 12.8 Å². The van der Waals surface area contributed by atoms with Gasteiger partial charge in [-0.15, -0.1) is 0 Å². The first-order valence-electron chi connectivity index (χ1n) is 9.62. The van der Waals surface area contributed by atoms with E-state index in [1.165, 1.54) is 0 Å². The molecule has 2 aromatic carbocycles. The molecule has 2 amide bonds. The molecule has 1 aliphatic rings. The number of para-hydroxylation sites is 2. The number of carbonyl (C=O) groups excluding carboxylic acids is 1. The highest BCUT2D eigenvalue weighted by molar-refractivity contribution is 5.91. The molecular weight excluding hydrogens is 368 g/mol. The van der Waals surface area contributed by atoms with E-state index in [1.807, 2.05) is 74.0 Å². The van der Waals surface area contributed by atoms with Crippen molar-refractivity contribution in [2.24, 2.45) is 0 Å². The summed E-state index contributed by atoms with van der Waals surface area (Å²) in [7, 11) is 0. The molecule has 0 aliphatic carbocycles. The molecule has 1 N–H and O–H groups in total. The van der Waals surface area contributed by atoms with Gasteiger partial charge in [0.15, 0.2) is 11.5 Å². The van der Waals surface area contributed by atoms with Gasteiger partial charge in [-0.25, -0.2) is 9.48 Å². The Morgan fingerprint density at radius 2 is 1.93 bits per heavy atom. The SMILES string of the molecule is CCN(Cc1ccc2c(c1)OCO2)C(=O)Nc1ccccc1-n1nc(C)cc1C. The van der Waals surface area contributed by atoms with E-state index in [2.05, 4.69) is 10.4 Å². The van der Waals surface area contributed by atoms with Gasteiger partial charge in [0.1, 0.15) is 0 Å². The molecule has 3 aromatic rings. The Morgan fingerprint density at radius 1 is 1.14 bits per heavy atom. The molecule has 0 saturated heterocycles. The third-order valence-corrected chi connectivity index (χ3v) is 4.86. The standard InChI is InChI=1S/C22H24N4O3/c1-4-25(13-17-9-10-20-21(12-17)29-14-28-20)22(27)23-18-7-5-6-8-19(18)26-16(3)11-15(2)24-26/h5-12H,4,13-14H2,1-3H3,(H,23,27). The minimum Gasteiger partial charge on any atom is -0.454 e. The molecule has 0 radical (unpaired) electrons. The van der Waals surface area contributed by atoms with Gasteiger partial charge in [0.05, 0.1) is 17.1 Å². The van der Waals surface area contributed by atoms with Gasteiger partial charge >= 0.3 is 6.03 Å². The zero-order valence-corrected chi connectivity index (χ0v) is 16.8. The van der Waals surface area contributed by atoms with Crippen LogP contribution in [0, 0.1) is 13.8 Å². The third kappa shape index (κ3) is 3.89. The van der Waals surface area contributed by atoms with Crippen LogP contribution in [0.4, 0.5) is 10.5 Å². The number of carbonyl (C=O) groups is 1. The Balaban J connectivity index is 1.53. The van der Waals surface area contributed by atoms with Crippen LogP contribution in [0.3, 0.4) is 0 Å². The third-order valence-electron chi connectivity index (χ3n) is 4.86. The topological polar surface area (TPSA) is 68.6 Å². The smallest absolute Gasteiger partial charge is 0.322 e. The maximum Gasteiger partial charge on any atom is 0.322 e. The highest BCUT2D eigenvalue weighted by atomic mass is 16.7. The fraction of sp³-hybridized carbons (Fsp3) is 0.273. The molecule has 0 bridgehead atoms. The van der Waals surface area contributed by atoms with Crippen molar-refractivity contribution in [3.8, 4) is 17.2 Å². The predicted molar refractivity (Wildman–Crippen MR) is 111 cm³/mol. The van der Waals surface area contributed by atoms with Crippen molar-refractivity contribution in [1.82, 2.24) is 14.7 Å². The number of aromatic nitrogens is 2. The summed E-state index contributed by atoms with van der Waals surface area (Å²) in [6.45, 7) is 7.19. The Bertz CT molecular complexity index is 1040. The summed E-state index contributed by atoms with van der Waals surface area (Å²) in [5.74, 6) is 1.45. The van der Waals surface area contributed by atoms with E-state index in [9.17, 15) is 4.79 Å². The minimum absolute atomic E-state index is 0.167. The lowest BCUT2D eigenvalue weighted by atomic mass is 10.2. The van der Waals surface area contributed by atoms with Crippen LogP contribution in [0.25, 0.3) is 5.69 Å². The fourth-order valence-corrected chi connectivity index (χ4v) is 3.42. The van der Waals surface area contributed by atoms with Crippen LogP contribution in [0.5, 0.6) is 11.5 Å². The molecule has 29 heavy (non-hydrogen) atoms. The van der Waals surface area contributed by atoms with Gasteiger partial charge in [0.2, 0.25) is 6.79 Å². The number of hydrogen-bond donors (Lipinski definition) is 1. The summed E-state index contributed by atoms with van der Waals surface area (Å²) >= 11 is 0. The van der Waals surface area contributed by atoms with Crippen LogP contribution < -0.4 is 14.8 Å². The summed E-state index contributed by atoms with van der Waals surface area (Å²) in [5, 5.41) is 7.58. The molecule has 4 rings (SSSR count). The lowest BCUT2D eigenvalue weighted by molar-refractivity contribution is 0.174. The van der Waals surface area contributed by atoms with Crippen molar-refractivity contribution in [1.29, 1.82) is 0 Å². The van der Waals surface area contributed by atoms with Crippen molar-refractivity contribution in [2.45, 2.75) is 27.3 Å². The number of ether oxygens (including phenoxy) is 2. The number of fused-ring (bicyclic) bond motifs is 1. The Kier molecular flexibility index (Phi) is 5.12. The number of anilines is 1. The summed E-state index contributed by atoms with van der Waals surface area (Å²) in [5.41, 5.74) is 4.48. The average molecular weight is 392 g/mol. The van der Waals surface area contributed by atoms with Crippen molar-refractivity contribution in [2.75, 3.05) is 18.7 Å². The summed E-state index contributed by atoms with van der Waals surface area (Å²) in [4.78, 5) is 14.7. The molecule has 7 nitrogen and oxygen atoms in total. The second kappa shape index (κ2) is 7.87. The van der Waals surface area contributed by atoms with Gasteiger partial charge in [-0.05, 0) is 56.7 Å². The van der Waals surface area contributed by atoms with E-state index in [0.717, 1.165) is 28.4 Å². The first-order valence-corrected chi connectivity index (χ1v) is 9.62. The summed E-state index contributed by atoms with van der Waals surface area (Å²) in [6.07, 6.45) is 0. The molecule has 0 unspecified atom stereocenters. The van der Waals surface area contributed by atoms with E-state index >= 15 is 0 Å². The van der Waals surface area contributed by atoms with Gasteiger partial charge in [0.25, 0.3) is 0 Å². The van der Waals surface area contributed by atoms with Crippen LogP contribution in [0.15, 0.2) is 48.5 Å². The first kappa shape index (κ1) is 18.9. The van der Waals surface area contributed by atoms with E-state index < -0.39 is 0 Å². The molecule has 0 saturated carbocycles. The van der Waals surface area contributed by atoms with Crippen LogP contribution in [-0.4, -0.2) is 34.0 Å². The molecule has 0 spiro atoms. The van der Waals surface area contributed by atoms with Crippen molar-refractivity contribution in [3.05, 3.63) is 65.5 Å². The molecule has 2 heterocycles. The van der Waals surface area contributed by atoms with Gasteiger partial charge in [-0.2, -0.15) is 5.10 Å². The molecule has 150 valence electrons. The second-order valence-corrected chi connectivity index (χ2v) is 6.99. The fourth-order valence-electron chi connectivity index (χ4n) is 3.42. The zero-order chi connectivity index (χ0) is 20.4. The van der Waals surface area contributed by atoms with Crippen molar-refractivity contribution < 1.29 is 14.3 Å². The molecular formula is C22H24N4O3. The van der Waals surface area contributed by atoms with E-state index in [1.54, 1.807) is 4.90 Å². The van der Waals surface area contributed by atoms with Crippen LogP contribution in [0.1, 0.15) is 23.9 Å². The maximum absolute atomic E-state index is 13.0. The Hall–Kier alpha value is -3.48. The largest absolute Gasteiger partial charge is 0.454 e. The van der Waals surface area contributed by atoms with Crippen LogP contribution >= 0.6 is 0 Å². The molecule has 1 aliphatic heterocycles. The van der Waals surface area contributed by atoms with Crippen LogP contribution in [-0.2, 0) is 6.54 Å². The summed E-state index contributed by atoms with van der Waals surface area (Å²) in [6, 6.07) is 15.3. The first-order chi connectivity index (χ1) is 14.0. The number of rotatable bonds is 5. The highest BCUT2D eigenvalue weighted by Crippen LogP contribution is 2.33. The molecule has 0 fully saturated rings. The van der Waals surface area contributed by atoms with Gasteiger partial charge in [0, 0.05) is 18.8 Å². The maximum atomic E-state index is 13.0. The van der Waals surface area contributed by atoms with E-state index in [0.29, 0.717) is 24.5 Å². The number of aryl methyl sites for hydroxylation is 2. The lowest BCUT2D eigenvalue weighted by Crippen LogP contribution is -2.34. The normalized spacial score (nSPS) is 12.1. The van der Waals surface area contributed by atoms with Gasteiger partial charge < -0.3 is 19.7 Å². The predicted octanol–water partition coefficient (Wildman–Crippen LogP) is 4.27.